The van der Waals surface area contributed by atoms with E-state index in [1.807, 2.05) is 7.05 Å². The van der Waals surface area contributed by atoms with E-state index in [9.17, 15) is 9.59 Å². The minimum atomic E-state index is -0.774. The summed E-state index contributed by atoms with van der Waals surface area (Å²) in [6.45, 7) is 2.94. The zero-order valence-corrected chi connectivity index (χ0v) is 10.7. The number of imide groups is 1. The molecule has 3 N–H and O–H groups in total. The number of nitrogens with zero attached hydrogens (tertiary/aromatic N) is 1. The maximum atomic E-state index is 11.3. The van der Waals surface area contributed by atoms with Crippen LogP contribution in [0.2, 0.25) is 0 Å². The summed E-state index contributed by atoms with van der Waals surface area (Å²) in [5.74, 6) is 0.390. The van der Waals surface area contributed by atoms with Crippen molar-refractivity contribution in [1.29, 1.82) is 0 Å². The Morgan fingerprint density at radius 1 is 1.35 bits per heavy atom. The summed E-state index contributed by atoms with van der Waals surface area (Å²) in [6, 6.07) is -0.214. The van der Waals surface area contributed by atoms with E-state index >= 15 is 0 Å². The van der Waals surface area contributed by atoms with Crippen molar-refractivity contribution in [2.75, 3.05) is 13.6 Å². The van der Waals surface area contributed by atoms with E-state index in [0.29, 0.717) is 24.9 Å². The molecule has 0 spiro atoms. The molecular formula is C12H23N3O2. The maximum absolute atomic E-state index is 11.3. The fourth-order valence-electron chi connectivity index (χ4n) is 2.60. The van der Waals surface area contributed by atoms with Gasteiger partial charge in [0.05, 0.1) is 0 Å². The first-order valence-electron chi connectivity index (χ1n) is 6.30. The van der Waals surface area contributed by atoms with E-state index in [2.05, 4.69) is 17.1 Å². The van der Waals surface area contributed by atoms with Crippen LogP contribution in [0.3, 0.4) is 0 Å². The smallest absolute Gasteiger partial charge is 0.318 e. The molecule has 0 aliphatic heterocycles. The van der Waals surface area contributed by atoms with E-state index < -0.39 is 6.03 Å². The van der Waals surface area contributed by atoms with Crippen molar-refractivity contribution in [3.63, 3.8) is 0 Å². The molecule has 0 unspecified atom stereocenters. The van der Waals surface area contributed by atoms with Crippen molar-refractivity contribution in [3.05, 3.63) is 0 Å². The van der Waals surface area contributed by atoms with Gasteiger partial charge in [0.2, 0.25) is 5.91 Å². The summed E-state index contributed by atoms with van der Waals surface area (Å²) in [4.78, 5) is 24.0. The number of rotatable bonds is 4. The Labute approximate surface area is 103 Å². The second-order valence-electron chi connectivity index (χ2n) is 4.97. The summed E-state index contributed by atoms with van der Waals surface area (Å²) >= 11 is 0. The Hall–Kier alpha value is -1.10. The van der Waals surface area contributed by atoms with Gasteiger partial charge in [-0.15, -0.1) is 0 Å². The molecule has 1 aliphatic rings. The first-order valence-corrected chi connectivity index (χ1v) is 6.30. The van der Waals surface area contributed by atoms with E-state index in [1.165, 1.54) is 25.7 Å². The fraction of sp³-hybridized carbons (Fsp3) is 0.833. The third kappa shape index (κ3) is 4.73. The largest absolute Gasteiger partial charge is 0.351 e. The van der Waals surface area contributed by atoms with Crippen molar-refractivity contribution in [3.8, 4) is 0 Å². The van der Waals surface area contributed by atoms with Crippen molar-refractivity contribution in [2.24, 2.45) is 11.7 Å². The molecule has 98 valence electrons. The number of urea groups is 1. The quantitative estimate of drug-likeness (QED) is 0.773. The Morgan fingerprint density at radius 3 is 2.59 bits per heavy atom. The standard InChI is InChI=1S/C12H23N3O2/c1-9-5-3-4-6-10(9)15(2)8-7-11(16)14-12(13)17/h9-10H,3-8H2,1-2H3,(H3,13,14,16,17)/t9-,10+/m1/s1. The van der Waals surface area contributed by atoms with Crippen LogP contribution >= 0.6 is 0 Å². The van der Waals surface area contributed by atoms with Crippen LogP contribution in [0, 0.1) is 5.92 Å². The maximum Gasteiger partial charge on any atom is 0.318 e. The summed E-state index contributed by atoms with van der Waals surface area (Å²) < 4.78 is 0. The third-order valence-corrected chi connectivity index (χ3v) is 3.59. The van der Waals surface area contributed by atoms with Crippen LogP contribution in [-0.4, -0.2) is 36.5 Å². The molecule has 0 heterocycles. The van der Waals surface area contributed by atoms with Crippen LogP contribution in [-0.2, 0) is 4.79 Å². The van der Waals surface area contributed by atoms with Gasteiger partial charge < -0.3 is 10.6 Å². The van der Waals surface area contributed by atoms with E-state index in [4.69, 9.17) is 5.73 Å². The first-order chi connectivity index (χ1) is 8.00. The lowest BCUT2D eigenvalue weighted by Crippen LogP contribution is -2.42. The zero-order chi connectivity index (χ0) is 12.8. The summed E-state index contributed by atoms with van der Waals surface area (Å²) in [5.41, 5.74) is 4.88. The van der Waals surface area contributed by atoms with Crippen molar-refractivity contribution >= 4 is 11.9 Å². The van der Waals surface area contributed by atoms with Crippen LogP contribution in [0.25, 0.3) is 0 Å². The Kier molecular flexibility index (Phi) is 5.41. The van der Waals surface area contributed by atoms with Gasteiger partial charge in [-0.25, -0.2) is 4.79 Å². The van der Waals surface area contributed by atoms with Gasteiger partial charge in [-0.2, -0.15) is 0 Å². The SMILES string of the molecule is C[C@@H]1CCCC[C@@H]1N(C)CCC(=O)NC(N)=O. The van der Waals surface area contributed by atoms with Gasteiger partial charge in [0, 0.05) is 19.0 Å². The molecule has 1 rings (SSSR count). The molecule has 1 saturated carbocycles. The lowest BCUT2D eigenvalue weighted by Gasteiger charge is -2.36. The molecule has 0 aromatic carbocycles. The number of hydrogen-bond acceptors (Lipinski definition) is 3. The average Bonchev–Trinajstić information content (AvgIpc) is 2.25. The highest BCUT2D eigenvalue weighted by Gasteiger charge is 2.24. The molecule has 0 aromatic rings. The van der Waals surface area contributed by atoms with Gasteiger partial charge in [0.1, 0.15) is 0 Å². The Morgan fingerprint density at radius 2 is 2.00 bits per heavy atom. The minimum absolute atomic E-state index is 0.298. The molecule has 5 heteroatoms. The first kappa shape index (κ1) is 14.0. The predicted molar refractivity (Wildman–Crippen MR) is 66.4 cm³/mol. The Balaban J connectivity index is 2.30. The molecule has 5 nitrogen and oxygen atoms in total. The predicted octanol–water partition coefficient (Wildman–Crippen LogP) is 1.08. The van der Waals surface area contributed by atoms with Crippen molar-refractivity contribution < 1.29 is 9.59 Å². The topological polar surface area (TPSA) is 75.4 Å². The lowest BCUT2D eigenvalue weighted by atomic mass is 9.85. The second kappa shape index (κ2) is 6.59. The van der Waals surface area contributed by atoms with Crippen LogP contribution in [0.15, 0.2) is 0 Å². The number of hydrogen-bond donors (Lipinski definition) is 2. The second-order valence-corrected chi connectivity index (χ2v) is 4.97. The van der Waals surface area contributed by atoms with Crippen LogP contribution in [0.5, 0.6) is 0 Å². The number of nitrogens with one attached hydrogen (secondary N) is 1. The van der Waals surface area contributed by atoms with E-state index in [0.717, 1.165) is 0 Å². The van der Waals surface area contributed by atoms with Gasteiger partial charge in [-0.3, -0.25) is 10.1 Å². The number of nitrogens with two attached hydrogens (primary N) is 1. The Bertz CT molecular complexity index is 281. The van der Waals surface area contributed by atoms with Crippen molar-refractivity contribution in [2.45, 2.75) is 45.1 Å². The van der Waals surface area contributed by atoms with Crippen molar-refractivity contribution in [1.82, 2.24) is 10.2 Å². The normalized spacial score (nSPS) is 24.6. The number of carbonyl (C=O) groups is 2. The molecular weight excluding hydrogens is 218 g/mol. The van der Waals surface area contributed by atoms with Crippen LogP contribution in [0.1, 0.15) is 39.0 Å². The van der Waals surface area contributed by atoms with Gasteiger partial charge in [0.25, 0.3) is 0 Å². The molecule has 1 aliphatic carbocycles. The van der Waals surface area contributed by atoms with Crippen LogP contribution < -0.4 is 11.1 Å². The average molecular weight is 241 g/mol. The summed E-state index contributed by atoms with van der Waals surface area (Å²) in [7, 11) is 2.05. The highest BCUT2D eigenvalue weighted by atomic mass is 16.2. The molecule has 3 amide bonds. The zero-order valence-electron chi connectivity index (χ0n) is 10.7. The minimum Gasteiger partial charge on any atom is -0.351 e. The van der Waals surface area contributed by atoms with E-state index in [-0.39, 0.29) is 5.91 Å². The summed E-state index contributed by atoms with van der Waals surface area (Å²) in [5, 5.41) is 2.09. The highest BCUT2D eigenvalue weighted by molar-refractivity contribution is 5.93. The van der Waals surface area contributed by atoms with Gasteiger partial charge >= 0.3 is 6.03 Å². The molecule has 17 heavy (non-hydrogen) atoms. The number of primary amides is 1. The van der Waals surface area contributed by atoms with Gasteiger partial charge in [-0.1, -0.05) is 19.8 Å². The highest BCUT2D eigenvalue weighted by Crippen LogP contribution is 2.27. The fourth-order valence-corrected chi connectivity index (χ4v) is 2.60. The monoisotopic (exact) mass is 241 g/mol. The van der Waals surface area contributed by atoms with Gasteiger partial charge in [0.15, 0.2) is 0 Å². The lowest BCUT2D eigenvalue weighted by molar-refractivity contribution is -0.120. The molecule has 0 aromatic heterocycles. The summed E-state index contributed by atoms with van der Waals surface area (Å²) in [6.07, 6.45) is 5.38. The van der Waals surface area contributed by atoms with Gasteiger partial charge in [-0.05, 0) is 25.8 Å². The molecule has 1 fully saturated rings. The molecule has 0 saturated heterocycles. The third-order valence-electron chi connectivity index (χ3n) is 3.59. The van der Waals surface area contributed by atoms with Crippen LogP contribution in [0.4, 0.5) is 4.79 Å². The van der Waals surface area contributed by atoms with E-state index in [1.54, 1.807) is 0 Å². The number of carbonyl (C=O) groups excluding carboxylic acids is 2. The molecule has 2 atom stereocenters. The number of amides is 3. The molecule has 0 radical (unpaired) electrons. The molecule has 0 bridgehead atoms.